The molecule has 0 aliphatic carbocycles. The van der Waals surface area contributed by atoms with E-state index in [1.165, 1.54) is 16.7 Å². The highest BCUT2D eigenvalue weighted by Gasteiger charge is 2.07. The first kappa shape index (κ1) is 29.2. The lowest BCUT2D eigenvalue weighted by Crippen LogP contribution is -2.30. The molecule has 37 heavy (non-hydrogen) atoms. The Labute approximate surface area is 232 Å². The second kappa shape index (κ2) is 15.8. The second-order valence-corrected chi connectivity index (χ2v) is 10.7. The highest BCUT2D eigenvalue weighted by molar-refractivity contribution is 6.30. The molecule has 2 atom stereocenters. The van der Waals surface area contributed by atoms with Crippen molar-refractivity contribution in [2.45, 2.75) is 64.5 Å². The predicted molar refractivity (Wildman–Crippen MR) is 158 cm³/mol. The second-order valence-electron chi connectivity index (χ2n) is 9.81. The average Bonchev–Trinajstić information content (AvgIpc) is 2.85. The molecule has 3 rings (SSSR count). The Morgan fingerprint density at radius 3 is 1.89 bits per heavy atom. The summed E-state index contributed by atoms with van der Waals surface area (Å²) in [6.07, 6.45) is 5.17. The van der Waals surface area contributed by atoms with E-state index in [1.54, 1.807) is 0 Å². The molecule has 0 aliphatic rings. The van der Waals surface area contributed by atoms with Gasteiger partial charge in [0.25, 0.3) is 0 Å². The van der Waals surface area contributed by atoms with Crippen LogP contribution in [0.4, 0.5) is 5.69 Å². The van der Waals surface area contributed by atoms with Gasteiger partial charge in [0.2, 0.25) is 5.91 Å². The van der Waals surface area contributed by atoms with Crippen LogP contribution in [0.5, 0.6) is 0 Å². The molecule has 0 radical (unpaired) electrons. The molecule has 0 heterocycles. The Kier molecular flexibility index (Phi) is 12.5. The van der Waals surface area contributed by atoms with Crippen molar-refractivity contribution in [1.29, 1.82) is 0 Å². The van der Waals surface area contributed by atoms with Gasteiger partial charge in [0, 0.05) is 34.2 Å². The zero-order valence-electron chi connectivity index (χ0n) is 21.9. The van der Waals surface area contributed by atoms with Gasteiger partial charge in [0.1, 0.15) is 0 Å². The Bertz CT molecular complexity index is 1100. The third-order valence-corrected chi connectivity index (χ3v) is 6.88. The quantitative estimate of drug-likeness (QED) is 0.193. The molecule has 0 saturated carbocycles. The summed E-state index contributed by atoms with van der Waals surface area (Å²) in [6, 6.07) is 24.9. The van der Waals surface area contributed by atoms with E-state index in [9.17, 15) is 4.79 Å². The van der Waals surface area contributed by atoms with Gasteiger partial charge < -0.3 is 16.0 Å². The Hall–Kier alpha value is -2.37. The SMILES string of the molecule is CC(CCCC(=O)Nc1ccc(CC(C)NCCc2cccc(Cl)c2)cc1)NCCc1cccc(Cl)c1. The molecule has 3 aromatic carbocycles. The predicted octanol–water partition coefficient (Wildman–Crippen LogP) is 7.09. The fraction of sp³-hybridized carbons (Fsp3) is 0.387. The number of halogens is 2. The topological polar surface area (TPSA) is 53.2 Å². The minimum absolute atomic E-state index is 0.0647. The number of hydrogen-bond acceptors (Lipinski definition) is 3. The maximum Gasteiger partial charge on any atom is 0.224 e. The van der Waals surface area contributed by atoms with Crippen molar-refractivity contribution in [3.8, 4) is 0 Å². The van der Waals surface area contributed by atoms with Crippen LogP contribution >= 0.6 is 23.2 Å². The van der Waals surface area contributed by atoms with Crippen LogP contribution in [-0.2, 0) is 24.1 Å². The zero-order chi connectivity index (χ0) is 26.5. The van der Waals surface area contributed by atoms with Gasteiger partial charge in [-0.05, 0) is 112 Å². The van der Waals surface area contributed by atoms with Gasteiger partial charge in [0.05, 0.1) is 0 Å². The summed E-state index contributed by atoms with van der Waals surface area (Å²) >= 11 is 12.1. The van der Waals surface area contributed by atoms with Gasteiger partial charge in [-0.25, -0.2) is 0 Å². The van der Waals surface area contributed by atoms with Crippen molar-refractivity contribution in [3.05, 3.63) is 99.5 Å². The third-order valence-electron chi connectivity index (χ3n) is 6.41. The van der Waals surface area contributed by atoms with Gasteiger partial charge in [-0.1, -0.05) is 59.6 Å². The normalized spacial score (nSPS) is 12.8. The Morgan fingerprint density at radius 2 is 1.32 bits per heavy atom. The summed E-state index contributed by atoms with van der Waals surface area (Å²) in [6.45, 7) is 6.17. The van der Waals surface area contributed by atoms with Crippen molar-refractivity contribution >= 4 is 34.8 Å². The van der Waals surface area contributed by atoms with Gasteiger partial charge in [-0.15, -0.1) is 0 Å². The van der Waals surface area contributed by atoms with E-state index >= 15 is 0 Å². The summed E-state index contributed by atoms with van der Waals surface area (Å²) in [4.78, 5) is 12.4. The number of carbonyl (C=O) groups is 1. The summed E-state index contributed by atoms with van der Waals surface area (Å²) in [7, 11) is 0. The number of rotatable bonds is 15. The molecule has 0 saturated heterocycles. The number of amides is 1. The summed E-state index contributed by atoms with van der Waals surface area (Å²) in [5.41, 5.74) is 4.57. The molecule has 0 aromatic heterocycles. The van der Waals surface area contributed by atoms with Crippen LogP contribution in [0.2, 0.25) is 10.0 Å². The number of nitrogens with one attached hydrogen (secondary N) is 3. The monoisotopic (exact) mass is 539 g/mol. The van der Waals surface area contributed by atoms with E-state index in [0.29, 0.717) is 18.5 Å². The molecule has 2 unspecified atom stereocenters. The molecule has 0 aliphatic heterocycles. The van der Waals surface area contributed by atoms with Crippen molar-refractivity contribution in [2.75, 3.05) is 18.4 Å². The lowest BCUT2D eigenvalue weighted by Gasteiger charge is -2.15. The first-order chi connectivity index (χ1) is 17.9. The minimum Gasteiger partial charge on any atom is -0.326 e. The van der Waals surface area contributed by atoms with E-state index in [0.717, 1.165) is 60.9 Å². The van der Waals surface area contributed by atoms with E-state index in [2.05, 4.69) is 54.1 Å². The van der Waals surface area contributed by atoms with Crippen LogP contribution in [0, 0.1) is 0 Å². The van der Waals surface area contributed by atoms with Gasteiger partial charge in [-0.2, -0.15) is 0 Å². The Balaban J connectivity index is 1.27. The molecule has 6 heteroatoms. The van der Waals surface area contributed by atoms with E-state index in [1.807, 2.05) is 48.5 Å². The highest BCUT2D eigenvalue weighted by Crippen LogP contribution is 2.14. The molecule has 0 spiro atoms. The molecular formula is C31H39Cl2N3O. The first-order valence-corrected chi connectivity index (χ1v) is 14.0. The van der Waals surface area contributed by atoms with Crippen LogP contribution in [-0.4, -0.2) is 31.1 Å². The zero-order valence-corrected chi connectivity index (χ0v) is 23.4. The maximum absolute atomic E-state index is 12.4. The molecule has 0 bridgehead atoms. The van der Waals surface area contributed by atoms with E-state index in [-0.39, 0.29) is 5.91 Å². The van der Waals surface area contributed by atoms with Crippen molar-refractivity contribution in [2.24, 2.45) is 0 Å². The van der Waals surface area contributed by atoms with Crippen LogP contribution in [0.25, 0.3) is 0 Å². The molecule has 1 amide bonds. The fourth-order valence-corrected chi connectivity index (χ4v) is 4.78. The molecule has 4 nitrogen and oxygen atoms in total. The molecule has 3 N–H and O–H groups in total. The van der Waals surface area contributed by atoms with Crippen molar-refractivity contribution in [1.82, 2.24) is 10.6 Å². The average molecular weight is 541 g/mol. The minimum atomic E-state index is 0.0647. The summed E-state index contributed by atoms with van der Waals surface area (Å²) < 4.78 is 0. The van der Waals surface area contributed by atoms with Crippen LogP contribution < -0.4 is 16.0 Å². The number of anilines is 1. The number of hydrogen-bond donors (Lipinski definition) is 3. The standard InChI is InChI=1S/C31H39Cl2N3O/c1-23(34-18-16-25-7-4-9-28(32)21-25)6-3-11-31(37)36-30-14-12-27(13-15-30)20-24(2)35-19-17-26-8-5-10-29(33)22-26/h4-5,7-10,12-15,21-24,34-35H,3,6,11,16-20H2,1-2H3,(H,36,37). The molecule has 3 aromatic rings. The smallest absolute Gasteiger partial charge is 0.224 e. The van der Waals surface area contributed by atoms with Crippen molar-refractivity contribution < 1.29 is 4.79 Å². The van der Waals surface area contributed by atoms with E-state index in [4.69, 9.17) is 23.2 Å². The number of carbonyl (C=O) groups excluding carboxylic acids is 1. The largest absolute Gasteiger partial charge is 0.326 e. The third kappa shape index (κ3) is 11.7. The summed E-state index contributed by atoms with van der Waals surface area (Å²) in [5.74, 6) is 0.0647. The van der Waals surface area contributed by atoms with Gasteiger partial charge >= 0.3 is 0 Å². The highest BCUT2D eigenvalue weighted by atomic mass is 35.5. The van der Waals surface area contributed by atoms with E-state index < -0.39 is 0 Å². The maximum atomic E-state index is 12.4. The summed E-state index contributed by atoms with van der Waals surface area (Å²) in [5, 5.41) is 11.7. The molecule has 198 valence electrons. The first-order valence-electron chi connectivity index (χ1n) is 13.2. The lowest BCUT2D eigenvalue weighted by molar-refractivity contribution is -0.116. The fourth-order valence-electron chi connectivity index (χ4n) is 4.35. The number of benzene rings is 3. The Morgan fingerprint density at radius 1 is 0.757 bits per heavy atom. The van der Waals surface area contributed by atoms with Crippen LogP contribution in [0.1, 0.15) is 49.8 Å². The molecule has 0 fully saturated rings. The van der Waals surface area contributed by atoms with Crippen LogP contribution in [0.15, 0.2) is 72.8 Å². The molecular weight excluding hydrogens is 501 g/mol. The van der Waals surface area contributed by atoms with Crippen molar-refractivity contribution in [3.63, 3.8) is 0 Å². The van der Waals surface area contributed by atoms with Crippen LogP contribution in [0.3, 0.4) is 0 Å². The van der Waals surface area contributed by atoms with Gasteiger partial charge in [-0.3, -0.25) is 4.79 Å². The lowest BCUT2D eigenvalue weighted by atomic mass is 10.1. The van der Waals surface area contributed by atoms with Gasteiger partial charge in [0.15, 0.2) is 0 Å².